The Bertz CT molecular complexity index is 422. The molecule has 1 amide bonds. The lowest BCUT2D eigenvalue weighted by Gasteiger charge is -2.23. The molecule has 20 heavy (non-hydrogen) atoms. The standard InChI is InChI=1S/C14H23N3O3/c1-16(8-13(18)10-20-3)9-14(19)17(2)12-6-4-11(15)5-7-12/h4-7,13,18H,8-10,15H2,1-3H3. The molecule has 1 atom stereocenters. The fraction of sp³-hybridized carbons (Fsp3) is 0.500. The summed E-state index contributed by atoms with van der Waals surface area (Å²) in [6.07, 6.45) is -0.598. The highest BCUT2D eigenvalue weighted by Crippen LogP contribution is 2.15. The van der Waals surface area contributed by atoms with Gasteiger partial charge >= 0.3 is 0 Å². The lowest BCUT2D eigenvalue weighted by Crippen LogP contribution is -2.40. The van der Waals surface area contributed by atoms with Crippen LogP contribution >= 0.6 is 0 Å². The number of anilines is 2. The number of methoxy groups -OCH3 is 1. The summed E-state index contributed by atoms with van der Waals surface area (Å²) < 4.78 is 4.85. The molecular formula is C14H23N3O3. The molecule has 1 unspecified atom stereocenters. The van der Waals surface area contributed by atoms with E-state index < -0.39 is 6.10 Å². The van der Waals surface area contributed by atoms with Gasteiger partial charge in [0.25, 0.3) is 0 Å². The van der Waals surface area contributed by atoms with E-state index >= 15 is 0 Å². The van der Waals surface area contributed by atoms with Crippen molar-refractivity contribution in [2.45, 2.75) is 6.10 Å². The fourth-order valence-corrected chi connectivity index (χ4v) is 1.85. The molecule has 1 aromatic rings. The van der Waals surface area contributed by atoms with Crippen LogP contribution in [0.1, 0.15) is 0 Å². The Kier molecular flexibility index (Phi) is 6.44. The maximum Gasteiger partial charge on any atom is 0.240 e. The quantitative estimate of drug-likeness (QED) is 0.697. The maximum atomic E-state index is 12.1. The van der Waals surface area contributed by atoms with E-state index in [1.54, 1.807) is 48.2 Å². The van der Waals surface area contributed by atoms with Crippen molar-refractivity contribution in [3.63, 3.8) is 0 Å². The van der Waals surface area contributed by atoms with Gasteiger partial charge in [-0.25, -0.2) is 0 Å². The molecule has 6 heteroatoms. The molecule has 0 aliphatic heterocycles. The minimum absolute atomic E-state index is 0.0538. The molecule has 0 spiro atoms. The van der Waals surface area contributed by atoms with Gasteiger partial charge in [-0.15, -0.1) is 0 Å². The van der Waals surface area contributed by atoms with Crippen LogP contribution < -0.4 is 10.6 Å². The first-order valence-corrected chi connectivity index (χ1v) is 6.41. The number of carbonyl (C=O) groups is 1. The van der Waals surface area contributed by atoms with Crippen LogP contribution in [0, 0.1) is 0 Å². The van der Waals surface area contributed by atoms with Crippen LogP contribution in [-0.2, 0) is 9.53 Å². The molecule has 0 aliphatic carbocycles. The number of rotatable bonds is 7. The Morgan fingerprint density at radius 1 is 1.35 bits per heavy atom. The zero-order valence-electron chi connectivity index (χ0n) is 12.2. The third kappa shape index (κ3) is 5.16. The van der Waals surface area contributed by atoms with Crippen molar-refractivity contribution in [2.75, 3.05) is 51.5 Å². The Labute approximate surface area is 119 Å². The summed E-state index contributed by atoms with van der Waals surface area (Å²) in [5.41, 5.74) is 7.06. The molecule has 112 valence electrons. The number of aliphatic hydroxyl groups excluding tert-OH is 1. The predicted octanol–water partition coefficient (Wildman–Crippen LogP) is 0.171. The van der Waals surface area contributed by atoms with E-state index in [1.807, 2.05) is 0 Å². The highest BCUT2D eigenvalue weighted by atomic mass is 16.5. The number of amides is 1. The average molecular weight is 281 g/mol. The molecule has 0 saturated carbocycles. The van der Waals surface area contributed by atoms with E-state index in [9.17, 15) is 9.90 Å². The van der Waals surface area contributed by atoms with Crippen LogP contribution in [0.25, 0.3) is 0 Å². The van der Waals surface area contributed by atoms with Crippen LogP contribution in [-0.4, -0.2) is 62.9 Å². The van der Waals surface area contributed by atoms with Crippen LogP contribution in [0.5, 0.6) is 0 Å². The van der Waals surface area contributed by atoms with Gasteiger partial charge in [0.05, 0.1) is 19.3 Å². The smallest absolute Gasteiger partial charge is 0.240 e. The fourth-order valence-electron chi connectivity index (χ4n) is 1.85. The molecule has 1 rings (SSSR count). The number of carbonyl (C=O) groups excluding carboxylic acids is 1. The second-order valence-corrected chi connectivity index (χ2v) is 4.85. The van der Waals surface area contributed by atoms with Crippen molar-refractivity contribution in [3.05, 3.63) is 24.3 Å². The van der Waals surface area contributed by atoms with Gasteiger partial charge in [0.2, 0.25) is 5.91 Å². The molecule has 0 saturated heterocycles. The van der Waals surface area contributed by atoms with Crippen molar-refractivity contribution < 1.29 is 14.6 Å². The van der Waals surface area contributed by atoms with Crippen LogP contribution in [0.3, 0.4) is 0 Å². The molecule has 0 heterocycles. The molecule has 0 aliphatic rings. The summed E-state index contributed by atoms with van der Waals surface area (Å²) in [6.45, 7) is 0.864. The number of aliphatic hydroxyl groups is 1. The monoisotopic (exact) mass is 281 g/mol. The molecule has 0 bridgehead atoms. The zero-order chi connectivity index (χ0) is 15.1. The molecule has 6 nitrogen and oxygen atoms in total. The van der Waals surface area contributed by atoms with Crippen LogP contribution in [0.4, 0.5) is 11.4 Å². The summed E-state index contributed by atoms with van der Waals surface area (Å²) in [4.78, 5) is 15.5. The Morgan fingerprint density at radius 2 is 1.95 bits per heavy atom. The second kappa shape index (κ2) is 7.84. The van der Waals surface area contributed by atoms with Gasteiger partial charge in [-0.2, -0.15) is 0 Å². The van der Waals surface area contributed by atoms with E-state index in [2.05, 4.69) is 0 Å². The number of nitrogens with two attached hydrogens (primary N) is 1. The molecule has 0 aromatic heterocycles. The maximum absolute atomic E-state index is 12.1. The van der Waals surface area contributed by atoms with Crippen molar-refractivity contribution in [2.24, 2.45) is 0 Å². The van der Waals surface area contributed by atoms with Gasteiger partial charge in [-0.1, -0.05) is 0 Å². The van der Waals surface area contributed by atoms with Crippen LogP contribution in [0.15, 0.2) is 24.3 Å². The zero-order valence-corrected chi connectivity index (χ0v) is 12.2. The normalized spacial score (nSPS) is 12.4. The highest BCUT2D eigenvalue weighted by Gasteiger charge is 2.15. The second-order valence-electron chi connectivity index (χ2n) is 4.85. The Hall–Kier alpha value is -1.63. The Balaban J connectivity index is 2.51. The predicted molar refractivity (Wildman–Crippen MR) is 79.6 cm³/mol. The van der Waals surface area contributed by atoms with Gasteiger partial charge < -0.3 is 20.5 Å². The molecule has 3 N–H and O–H groups in total. The number of nitrogens with zero attached hydrogens (tertiary/aromatic N) is 2. The van der Waals surface area contributed by atoms with Crippen molar-refractivity contribution in [1.29, 1.82) is 0 Å². The largest absolute Gasteiger partial charge is 0.399 e. The first-order chi connectivity index (χ1) is 9.43. The summed E-state index contributed by atoms with van der Waals surface area (Å²) >= 11 is 0. The van der Waals surface area contributed by atoms with Gasteiger partial charge in [0.15, 0.2) is 0 Å². The number of hydrogen-bond acceptors (Lipinski definition) is 5. The van der Waals surface area contributed by atoms with Crippen LogP contribution in [0.2, 0.25) is 0 Å². The minimum atomic E-state index is -0.598. The van der Waals surface area contributed by atoms with Gasteiger partial charge in [-0.3, -0.25) is 9.69 Å². The number of ether oxygens (including phenoxy) is 1. The lowest BCUT2D eigenvalue weighted by atomic mass is 10.2. The first-order valence-electron chi connectivity index (χ1n) is 6.41. The highest BCUT2D eigenvalue weighted by molar-refractivity contribution is 5.94. The average Bonchev–Trinajstić information content (AvgIpc) is 2.38. The number of likely N-dealkylation sites (N-methyl/N-ethyl adjacent to an activating group) is 2. The Morgan fingerprint density at radius 3 is 2.50 bits per heavy atom. The van der Waals surface area contributed by atoms with E-state index in [-0.39, 0.29) is 19.1 Å². The third-order valence-corrected chi connectivity index (χ3v) is 2.94. The van der Waals surface area contributed by atoms with Gasteiger partial charge in [0, 0.05) is 32.1 Å². The third-order valence-electron chi connectivity index (χ3n) is 2.94. The topological polar surface area (TPSA) is 79.0 Å². The van der Waals surface area contributed by atoms with Crippen molar-refractivity contribution in [1.82, 2.24) is 4.90 Å². The SMILES string of the molecule is COCC(O)CN(C)CC(=O)N(C)c1ccc(N)cc1. The number of nitrogen functional groups attached to an aromatic ring is 1. The van der Waals surface area contributed by atoms with Crippen molar-refractivity contribution >= 4 is 17.3 Å². The molecular weight excluding hydrogens is 258 g/mol. The minimum Gasteiger partial charge on any atom is -0.399 e. The molecule has 0 radical (unpaired) electrons. The summed E-state index contributed by atoms with van der Waals surface area (Å²) in [5.74, 6) is -0.0538. The van der Waals surface area contributed by atoms with E-state index in [1.165, 1.54) is 7.11 Å². The summed E-state index contributed by atoms with van der Waals surface area (Å²) in [7, 11) is 5.03. The molecule has 0 fully saturated rings. The number of benzene rings is 1. The van der Waals surface area contributed by atoms with E-state index in [4.69, 9.17) is 10.5 Å². The van der Waals surface area contributed by atoms with Crippen molar-refractivity contribution in [3.8, 4) is 0 Å². The lowest BCUT2D eigenvalue weighted by molar-refractivity contribution is -0.119. The first kappa shape index (κ1) is 16.4. The van der Waals surface area contributed by atoms with E-state index in [0.717, 1.165) is 5.69 Å². The molecule has 1 aromatic carbocycles. The van der Waals surface area contributed by atoms with E-state index in [0.29, 0.717) is 12.2 Å². The summed E-state index contributed by atoms with van der Waals surface area (Å²) in [5, 5.41) is 9.61. The summed E-state index contributed by atoms with van der Waals surface area (Å²) in [6, 6.07) is 7.11. The van der Waals surface area contributed by atoms with Gasteiger partial charge in [-0.05, 0) is 31.3 Å². The number of hydrogen-bond donors (Lipinski definition) is 2. The van der Waals surface area contributed by atoms with Gasteiger partial charge in [0.1, 0.15) is 0 Å².